The van der Waals surface area contributed by atoms with Crippen molar-refractivity contribution in [1.82, 2.24) is 19.9 Å². The first-order valence-corrected chi connectivity index (χ1v) is 7.87. The third-order valence-corrected chi connectivity index (χ3v) is 4.02. The Kier molecular flexibility index (Phi) is 4.74. The molecule has 2 aromatic heterocycles. The number of nitrogens with zero attached hydrogens (tertiary/aromatic N) is 4. The summed E-state index contributed by atoms with van der Waals surface area (Å²) >= 11 is 0. The Morgan fingerprint density at radius 2 is 2.12 bits per heavy atom. The van der Waals surface area contributed by atoms with E-state index < -0.39 is 6.09 Å². The van der Waals surface area contributed by atoms with Crippen LogP contribution in [0.5, 0.6) is 0 Å². The summed E-state index contributed by atoms with van der Waals surface area (Å²) in [7, 11) is 1.78. The first-order chi connectivity index (χ1) is 11.7. The van der Waals surface area contributed by atoms with Crippen molar-refractivity contribution in [2.75, 3.05) is 30.8 Å². The molecule has 0 bridgehead atoms. The summed E-state index contributed by atoms with van der Waals surface area (Å²) in [5.41, 5.74) is 1.67. The summed E-state index contributed by atoms with van der Waals surface area (Å²) in [6.45, 7) is 1.02. The van der Waals surface area contributed by atoms with E-state index in [1.54, 1.807) is 25.6 Å². The van der Waals surface area contributed by atoms with Gasteiger partial charge in [0.2, 0.25) is 0 Å². The largest absolute Gasteiger partial charge is 0.465 e. The van der Waals surface area contributed by atoms with Crippen LogP contribution in [0, 0.1) is 0 Å². The minimum Gasteiger partial charge on any atom is -0.465 e. The third kappa shape index (κ3) is 3.53. The third-order valence-electron chi connectivity index (χ3n) is 4.02. The van der Waals surface area contributed by atoms with E-state index in [2.05, 4.69) is 25.6 Å². The van der Waals surface area contributed by atoms with Gasteiger partial charge in [0.25, 0.3) is 0 Å². The number of amides is 1. The van der Waals surface area contributed by atoms with E-state index >= 15 is 0 Å². The number of anilines is 2. The van der Waals surface area contributed by atoms with Gasteiger partial charge in [0.05, 0.1) is 11.9 Å². The first kappa shape index (κ1) is 16.0. The number of piperidine rings is 1. The molecule has 2 aromatic rings. The van der Waals surface area contributed by atoms with Crippen molar-refractivity contribution in [3.8, 4) is 11.3 Å². The second kappa shape index (κ2) is 7.12. The van der Waals surface area contributed by atoms with Gasteiger partial charge in [0.1, 0.15) is 0 Å². The van der Waals surface area contributed by atoms with Gasteiger partial charge in [-0.05, 0) is 25.0 Å². The Hall–Kier alpha value is -2.90. The van der Waals surface area contributed by atoms with Crippen LogP contribution in [0.4, 0.5) is 16.4 Å². The Morgan fingerprint density at radius 3 is 2.83 bits per heavy atom. The second-order valence-electron chi connectivity index (χ2n) is 5.65. The van der Waals surface area contributed by atoms with Crippen molar-refractivity contribution in [3.05, 3.63) is 30.7 Å². The standard InChI is InChI=1S/C16H20N6O2/c1-17-14-15(20-12-3-2-8-22(10-12)16(23)24)21-13(9-19-14)11-4-6-18-7-5-11/h4-7,9,12H,2-3,8,10H2,1H3,(H,17,19)(H,20,21)(H,23,24). The van der Waals surface area contributed by atoms with Gasteiger partial charge in [-0.15, -0.1) is 0 Å². The van der Waals surface area contributed by atoms with Crippen molar-refractivity contribution in [3.63, 3.8) is 0 Å². The topological polar surface area (TPSA) is 103 Å². The Bertz CT molecular complexity index is 709. The molecule has 0 radical (unpaired) electrons. The Labute approximate surface area is 140 Å². The van der Waals surface area contributed by atoms with E-state index in [0.717, 1.165) is 24.1 Å². The number of aromatic nitrogens is 3. The number of hydrogen-bond donors (Lipinski definition) is 3. The highest BCUT2D eigenvalue weighted by atomic mass is 16.4. The number of likely N-dealkylation sites (tertiary alicyclic amines) is 1. The van der Waals surface area contributed by atoms with Crippen LogP contribution >= 0.6 is 0 Å². The quantitative estimate of drug-likeness (QED) is 0.790. The summed E-state index contributed by atoms with van der Waals surface area (Å²) in [4.78, 5) is 25.7. The molecule has 1 fully saturated rings. The zero-order valence-electron chi connectivity index (χ0n) is 13.4. The molecule has 126 valence electrons. The smallest absolute Gasteiger partial charge is 0.407 e. The van der Waals surface area contributed by atoms with Gasteiger partial charge in [-0.1, -0.05) is 0 Å². The maximum atomic E-state index is 11.2. The van der Waals surface area contributed by atoms with Crippen molar-refractivity contribution >= 4 is 17.7 Å². The lowest BCUT2D eigenvalue weighted by atomic mass is 10.1. The van der Waals surface area contributed by atoms with Gasteiger partial charge in [-0.25, -0.2) is 14.8 Å². The fraction of sp³-hybridized carbons (Fsp3) is 0.375. The van der Waals surface area contributed by atoms with Gasteiger partial charge in [-0.3, -0.25) is 4.98 Å². The molecule has 1 aliphatic heterocycles. The van der Waals surface area contributed by atoms with Crippen molar-refractivity contribution < 1.29 is 9.90 Å². The van der Waals surface area contributed by atoms with Crippen molar-refractivity contribution in [2.45, 2.75) is 18.9 Å². The molecule has 0 saturated carbocycles. The van der Waals surface area contributed by atoms with E-state index in [0.29, 0.717) is 24.7 Å². The lowest BCUT2D eigenvalue weighted by Gasteiger charge is -2.31. The number of nitrogens with one attached hydrogen (secondary N) is 2. The fourth-order valence-corrected chi connectivity index (χ4v) is 2.80. The molecular weight excluding hydrogens is 308 g/mol. The van der Waals surface area contributed by atoms with Crippen LogP contribution in [0.25, 0.3) is 11.3 Å². The molecular formula is C16H20N6O2. The van der Waals surface area contributed by atoms with Crippen LogP contribution in [-0.2, 0) is 0 Å². The highest BCUT2D eigenvalue weighted by Gasteiger charge is 2.24. The average Bonchev–Trinajstić information content (AvgIpc) is 2.62. The number of carboxylic acid groups (broad SMARTS) is 1. The van der Waals surface area contributed by atoms with Crippen LogP contribution in [-0.4, -0.2) is 57.2 Å². The summed E-state index contributed by atoms with van der Waals surface area (Å²) in [5, 5.41) is 15.5. The fourth-order valence-electron chi connectivity index (χ4n) is 2.80. The van der Waals surface area contributed by atoms with E-state index in [-0.39, 0.29) is 6.04 Å². The summed E-state index contributed by atoms with van der Waals surface area (Å²) in [5.74, 6) is 1.27. The van der Waals surface area contributed by atoms with Crippen molar-refractivity contribution in [2.24, 2.45) is 0 Å². The molecule has 8 heteroatoms. The molecule has 1 saturated heterocycles. The maximum Gasteiger partial charge on any atom is 0.407 e. The first-order valence-electron chi connectivity index (χ1n) is 7.87. The van der Waals surface area contributed by atoms with Crippen LogP contribution in [0.3, 0.4) is 0 Å². The predicted molar refractivity (Wildman–Crippen MR) is 91.1 cm³/mol. The summed E-state index contributed by atoms with van der Waals surface area (Å²) in [6, 6.07) is 3.77. The van der Waals surface area contributed by atoms with Gasteiger partial charge >= 0.3 is 6.09 Å². The predicted octanol–water partition coefficient (Wildman–Crippen LogP) is 2.13. The SMILES string of the molecule is CNc1ncc(-c2ccncc2)nc1NC1CCCN(C(=O)O)C1. The van der Waals surface area contributed by atoms with Crippen LogP contribution < -0.4 is 10.6 Å². The molecule has 0 aliphatic carbocycles. The average molecular weight is 328 g/mol. The minimum absolute atomic E-state index is 0.0175. The van der Waals surface area contributed by atoms with E-state index in [1.165, 1.54) is 4.90 Å². The number of pyridine rings is 1. The van der Waals surface area contributed by atoms with Gasteiger partial charge in [0.15, 0.2) is 11.6 Å². The van der Waals surface area contributed by atoms with Gasteiger partial charge < -0.3 is 20.6 Å². The molecule has 24 heavy (non-hydrogen) atoms. The molecule has 1 aliphatic rings. The van der Waals surface area contributed by atoms with Gasteiger partial charge in [-0.2, -0.15) is 0 Å². The summed E-state index contributed by atoms with van der Waals surface area (Å²) in [6.07, 6.45) is 5.97. The van der Waals surface area contributed by atoms with E-state index in [4.69, 9.17) is 5.11 Å². The minimum atomic E-state index is -0.882. The molecule has 1 unspecified atom stereocenters. The molecule has 1 amide bonds. The summed E-state index contributed by atoms with van der Waals surface area (Å²) < 4.78 is 0. The molecule has 1 atom stereocenters. The molecule has 0 aromatic carbocycles. The number of hydrogen-bond acceptors (Lipinski definition) is 6. The highest BCUT2D eigenvalue weighted by Crippen LogP contribution is 2.24. The number of carbonyl (C=O) groups is 1. The lowest BCUT2D eigenvalue weighted by Crippen LogP contribution is -2.44. The molecule has 8 nitrogen and oxygen atoms in total. The highest BCUT2D eigenvalue weighted by molar-refractivity contribution is 5.67. The molecule has 3 N–H and O–H groups in total. The zero-order valence-corrected chi connectivity index (χ0v) is 13.4. The Balaban J connectivity index is 1.82. The zero-order chi connectivity index (χ0) is 16.9. The monoisotopic (exact) mass is 328 g/mol. The van der Waals surface area contributed by atoms with E-state index in [1.807, 2.05) is 12.1 Å². The van der Waals surface area contributed by atoms with Crippen LogP contribution in [0.15, 0.2) is 30.7 Å². The van der Waals surface area contributed by atoms with Crippen LogP contribution in [0.1, 0.15) is 12.8 Å². The van der Waals surface area contributed by atoms with Crippen LogP contribution in [0.2, 0.25) is 0 Å². The number of rotatable bonds is 4. The van der Waals surface area contributed by atoms with E-state index in [9.17, 15) is 4.79 Å². The molecule has 0 spiro atoms. The maximum absolute atomic E-state index is 11.2. The normalized spacial score (nSPS) is 17.4. The molecule has 3 heterocycles. The second-order valence-corrected chi connectivity index (χ2v) is 5.65. The van der Waals surface area contributed by atoms with Crippen molar-refractivity contribution in [1.29, 1.82) is 0 Å². The Morgan fingerprint density at radius 1 is 1.33 bits per heavy atom. The lowest BCUT2D eigenvalue weighted by molar-refractivity contribution is 0.133. The molecule has 3 rings (SSSR count). The van der Waals surface area contributed by atoms with Gasteiger partial charge in [0, 0.05) is 44.1 Å².